The number of carbonyl (C=O) groups excluding carboxylic acids is 1. The third-order valence-electron chi connectivity index (χ3n) is 6.79. The molecule has 0 aliphatic heterocycles. The fourth-order valence-corrected chi connectivity index (χ4v) is 4.84. The highest BCUT2D eigenvalue weighted by Crippen LogP contribution is 2.27. The third-order valence-corrected chi connectivity index (χ3v) is 6.79. The Kier molecular flexibility index (Phi) is 8.11. The molecule has 0 saturated heterocycles. The molecule has 6 nitrogen and oxygen atoms in total. The van der Waals surface area contributed by atoms with Gasteiger partial charge in [-0.1, -0.05) is 39.0 Å². The van der Waals surface area contributed by atoms with E-state index in [0.717, 1.165) is 56.3 Å². The summed E-state index contributed by atoms with van der Waals surface area (Å²) >= 11 is 0. The standard InChI is InChI=1S/C24H36N2O4/c1-17(24(29)30)13-14-25-22(27)20-15-19-11-7-2-3-8-12-21(19)26(23(20)28)16-18-9-5-4-6-10-18/h15,17-18H,2-14,16H2,1H3,(H,25,27)(H,29,30). The Hall–Kier alpha value is -2.11. The van der Waals surface area contributed by atoms with Gasteiger partial charge < -0.3 is 15.0 Å². The van der Waals surface area contributed by atoms with Crippen LogP contribution in [0.4, 0.5) is 0 Å². The zero-order chi connectivity index (χ0) is 21.5. The van der Waals surface area contributed by atoms with Crippen molar-refractivity contribution < 1.29 is 14.7 Å². The lowest BCUT2D eigenvalue weighted by Crippen LogP contribution is -2.37. The Morgan fingerprint density at radius 2 is 1.77 bits per heavy atom. The van der Waals surface area contributed by atoms with Crippen molar-refractivity contribution in [2.24, 2.45) is 11.8 Å². The van der Waals surface area contributed by atoms with Crippen LogP contribution in [0, 0.1) is 11.8 Å². The summed E-state index contributed by atoms with van der Waals surface area (Å²) in [6.07, 6.45) is 12.8. The molecule has 1 amide bonds. The number of carboxylic acids is 1. The molecule has 1 aromatic rings. The van der Waals surface area contributed by atoms with Gasteiger partial charge in [0.25, 0.3) is 11.5 Å². The fraction of sp³-hybridized carbons (Fsp3) is 0.708. The van der Waals surface area contributed by atoms with E-state index in [1.54, 1.807) is 6.92 Å². The number of aliphatic carboxylic acids is 1. The first kappa shape index (κ1) is 22.6. The first-order valence-corrected chi connectivity index (χ1v) is 11.7. The van der Waals surface area contributed by atoms with Crippen LogP contribution in [0.1, 0.15) is 92.7 Å². The van der Waals surface area contributed by atoms with Crippen LogP contribution in [0.5, 0.6) is 0 Å². The second-order valence-electron chi connectivity index (χ2n) is 9.15. The number of carboxylic acid groups (broad SMARTS) is 1. The molecule has 166 valence electrons. The van der Waals surface area contributed by atoms with E-state index in [1.807, 2.05) is 10.6 Å². The van der Waals surface area contributed by atoms with Gasteiger partial charge in [0.15, 0.2) is 0 Å². The number of nitrogens with zero attached hydrogens (tertiary/aromatic N) is 1. The molecule has 0 bridgehead atoms. The van der Waals surface area contributed by atoms with Crippen molar-refractivity contribution in [2.45, 2.75) is 90.5 Å². The number of amides is 1. The molecule has 2 aliphatic carbocycles. The molecule has 1 aromatic heterocycles. The molecule has 1 fully saturated rings. The summed E-state index contributed by atoms with van der Waals surface area (Å²) in [7, 11) is 0. The van der Waals surface area contributed by atoms with Crippen LogP contribution >= 0.6 is 0 Å². The van der Waals surface area contributed by atoms with Crippen LogP contribution in [-0.2, 0) is 24.2 Å². The van der Waals surface area contributed by atoms with E-state index < -0.39 is 11.9 Å². The number of carbonyl (C=O) groups is 2. The molecule has 3 rings (SSSR count). The van der Waals surface area contributed by atoms with Crippen LogP contribution in [0.15, 0.2) is 10.9 Å². The largest absolute Gasteiger partial charge is 0.481 e. The second-order valence-corrected chi connectivity index (χ2v) is 9.15. The lowest BCUT2D eigenvalue weighted by molar-refractivity contribution is -0.141. The van der Waals surface area contributed by atoms with Crippen LogP contribution in [0.25, 0.3) is 0 Å². The maximum atomic E-state index is 13.4. The number of hydrogen-bond acceptors (Lipinski definition) is 3. The lowest BCUT2D eigenvalue weighted by Gasteiger charge is -2.26. The number of pyridine rings is 1. The van der Waals surface area contributed by atoms with E-state index in [9.17, 15) is 14.4 Å². The van der Waals surface area contributed by atoms with Crippen molar-refractivity contribution in [1.29, 1.82) is 0 Å². The van der Waals surface area contributed by atoms with E-state index in [-0.39, 0.29) is 23.6 Å². The third kappa shape index (κ3) is 5.73. The average molecular weight is 417 g/mol. The minimum Gasteiger partial charge on any atom is -0.481 e. The monoisotopic (exact) mass is 416 g/mol. The molecule has 0 spiro atoms. The van der Waals surface area contributed by atoms with Gasteiger partial charge in [0.2, 0.25) is 0 Å². The van der Waals surface area contributed by atoms with Crippen molar-refractivity contribution in [2.75, 3.05) is 6.54 Å². The summed E-state index contributed by atoms with van der Waals surface area (Å²) in [4.78, 5) is 37.2. The summed E-state index contributed by atoms with van der Waals surface area (Å²) in [5.74, 6) is -1.26. The first-order valence-electron chi connectivity index (χ1n) is 11.7. The zero-order valence-corrected chi connectivity index (χ0v) is 18.3. The topological polar surface area (TPSA) is 88.4 Å². The minimum absolute atomic E-state index is 0.177. The molecule has 2 aliphatic rings. The molecule has 30 heavy (non-hydrogen) atoms. The molecule has 6 heteroatoms. The SMILES string of the molecule is CC(CCNC(=O)c1cc2c(n(CC3CCCCC3)c1=O)CCCCCC2)C(=O)O. The van der Waals surface area contributed by atoms with E-state index >= 15 is 0 Å². The van der Waals surface area contributed by atoms with Crippen LogP contribution in [0.2, 0.25) is 0 Å². The Morgan fingerprint density at radius 1 is 1.10 bits per heavy atom. The number of aryl methyl sites for hydroxylation is 1. The Morgan fingerprint density at radius 3 is 2.47 bits per heavy atom. The molecule has 1 unspecified atom stereocenters. The highest BCUT2D eigenvalue weighted by atomic mass is 16.4. The molecule has 0 aromatic carbocycles. The molecular weight excluding hydrogens is 380 g/mol. The minimum atomic E-state index is -0.875. The Bertz CT molecular complexity index is 808. The molecule has 0 radical (unpaired) electrons. The predicted molar refractivity (Wildman–Crippen MR) is 117 cm³/mol. The van der Waals surface area contributed by atoms with Gasteiger partial charge in [-0.05, 0) is 62.5 Å². The summed E-state index contributed by atoms with van der Waals surface area (Å²) in [5, 5.41) is 11.8. The van der Waals surface area contributed by atoms with Gasteiger partial charge in [-0.3, -0.25) is 14.4 Å². The number of nitrogens with one attached hydrogen (secondary N) is 1. The van der Waals surface area contributed by atoms with Gasteiger partial charge in [0, 0.05) is 18.8 Å². The van der Waals surface area contributed by atoms with Crippen molar-refractivity contribution in [1.82, 2.24) is 9.88 Å². The van der Waals surface area contributed by atoms with Crippen LogP contribution in [-0.4, -0.2) is 28.1 Å². The fourth-order valence-electron chi connectivity index (χ4n) is 4.84. The number of aromatic nitrogens is 1. The van der Waals surface area contributed by atoms with E-state index in [4.69, 9.17) is 5.11 Å². The van der Waals surface area contributed by atoms with E-state index in [0.29, 0.717) is 12.3 Å². The van der Waals surface area contributed by atoms with Gasteiger partial charge in [0.05, 0.1) is 5.92 Å². The number of fused-ring (bicyclic) bond motifs is 1. The summed E-state index contributed by atoms with van der Waals surface area (Å²) in [6, 6.07) is 1.82. The summed E-state index contributed by atoms with van der Waals surface area (Å²) in [5.41, 5.74) is 2.33. The predicted octanol–water partition coefficient (Wildman–Crippen LogP) is 3.93. The quantitative estimate of drug-likeness (QED) is 0.705. The van der Waals surface area contributed by atoms with Gasteiger partial charge in [0.1, 0.15) is 5.56 Å². The maximum Gasteiger partial charge on any atom is 0.306 e. The molecule has 2 N–H and O–H groups in total. The highest BCUT2D eigenvalue weighted by Gasteiger charge is 2.23. The number of hydrogen-bond donors (Lipinski definition) is 2. The van der Waals surface area contributed by atoms with E-state index in [2.05, 4.69) is 5.32 Å². The molecule has 1 saturated carbocycles. The number of rotatable bonds is 7. The van der Waals surface area contributed by atoms with Crippen molar-refractivity contribution in [3.05, 3.63) is 33.2 Å². The van der Waals surface area contributed by atoms with Gasteiger partial charge in [-0.25, -0.2) is 0 Å². The first-order chi connectivity index (χ1) is 14.5. The van der Waals surface area contributed by atoms with Crippen molar-refractivity contribution in [3.63, 3.8) is 0 Å². The van der Waals surface area contributed by atoms with Crippen molar-refractivity contribution in [3.8, 4) is 0 Å². The average Bonchev–Trinajstić information content (AvgIpc) is 2.71. The molecule has 1 heterocycles. The maximum absolute atomic E-state index is 13.4. The van der Waals surface area contributed by atoms with Gasteiger partial charge >= 0.3 is 5.97 Å². The smallest absolute Gasteiger partial charge is 0.306 e. The second kappa shape index (κ2) is 10.8. The normalized spacial score (nSPS) is 18.7. The van der Waals surface area contributed by atoms with Crippen LogP contribution in [0.3, 0.4) is 0 Å². The Labute approximate surface area is 179 Å². The highest BCUT2D eigenvalue weighted by molar-refractivity contribution is 5.94. The van der Waals surface area contributed by atoms with E-state index in [1.165, 1.54) is 32.1 Å². The Balaban J connectivity index is 1.85. The zero-order valence-electron chi connectivity index (χ0n) is 18.3. The lowest BCUT2D eigenvalue weighted by atomic mass is 9.88. The van der Waals surface area contributed by atoms with Crippen molar-refractivity contribution >= 4 is 11.9 Å². The van der Waals surface area contributed by atoms with Crippen LogP contribution < -0.4 is 10.9 Å². The molecule has 1 atom stereocenters. The van der Waals surface area contributed by atoms with Gasteiger partial charge in [-0.2, -0.15) is 0 Å². The summed E-state index contributed by atoms with van der Waals surface area (Å²) < 4.78 is 1.92. The van der Waals surface area contributed by atoms with Gasteiger partial charge in [-0.15, -0.1) is 0 Å². The summed E-state index contributed by atoms with van der Waals surface area (Å²) in [6.45, 7) is 2.60. The molecular formula is C24H36N2O4.